The Kier molecular flexibility index (Phi) is 5.98. The number of halogens is 1. The Bertz CT molecular complexity index is 1640. The molecule has 11 heteroatoms. The maximum Gasteiger partial charge on any atom is 0.415 e. The van der Waals surface area contributed by atoms with E-state index in [4.69, 9.17) is 19.2 Å². The average Bonchev–Trinajstić information content (AvgIpc) is 3.54. The summed E-state index contributed by atoms with van der Waals surface area (Å²) in [6.07, 6.45) is 0.683. The standard InChI is InChI=1S/C27H27FN6O4/c1-15-36-13-19(37-15)12-34-21(17-7-16(11-29)8-18(28)9-17)10-20-23-22(30-14-32(23)5)25(31-24(20)34)33(6)26(35)38-27(2,3)4/h7-10,14,19H,1,12-13H2,2-6H3/t19-/m0/s1. The van der Waals surface area contributed by atoms with Crippen LogP contribution >= 0.6 is 0 Å². The second-order valence-electron chi connectivity index (χ2n) is 10.2. The molecular formula is C27H27FN6O4. The van der Waals surface area contributed by atoms with E-state index in [2.05, 4.69) is 11.6 Å². The fourth-order valence-electron chi connectivity index (χ4n) is 4.51. The van der Waals surface area contributed by atoms with Gasteiger partial charge in [-0.3, -0.25) is 4.90 Å². The molecule has 0 saturated carbocycles. The molecule has 0 spiro atoms. The number of pyridine rings is 1. The Balaban J connectivity index is 1.77. The Morgan fingerprint density at radius 3 is 2.76 bits per heavy atom. The minimum atomic E-state index is -0.704. The lowest BCUT2D eigenvalue weighted by molar-refractivity contribution is 0.0588. The van der Waals surface area contributed by atoms with Crippen LogP contribution < -0.4 is 4.90 Å². The summed E-state index contributed by atoms with van der Waals surface area (Å²) < 4.78 is 34.9. The van der Waals surface area contributed by atoms with Gasteiger partial charge in [0.15, 0.2) is 11.9 Å². The number of ether oxygens (including phenoxy) is 3. The monoisotopic (exact) mass is 518 g/mol. The predicted octanol–water partition coefficient (Wildman–Crippen LogP) is 4.86. The van der Waals surface area contributed by atoms with Gasteiger partial charge in [-0.15, -0.1) is 0 Å². The molecule has 10 nitrogen and oxygen atoms in total. The van der Waals surface area contributed by atoms with Crippen LogP contribution in [0.1, 0.15) is 26.3 Å². The predicted molar refractivity (Wildman–Crippen MR) is 139 cm³/mol. The lowest BCUT2D eigenvalue weighted by Crippen LogP contribution is -2.34. The molecule has 1 aromatic carbocycles. The second-order valence-corrected chi connectivity index (χ2v) is 10.2. The third kappa shape index (κ3) is 4.49. The number of imidazole rings is 1. The molecule has 1 aliphatic rings. The zero-order valence-electron chi connectivity index (χ0n) is 21.8. The normalized spacial score (nSPS) is 15.4. The van der Waals surface area contributed by atoms with Gasteiger partial charge < -0.3 is 23.3 Å². The summed E-state index contributed by atoms with van der Waals surface area (Å²) >= 11 is 0. The minimum absolute atomic E-state index is 0.189. The van der Waals surface area contributed by atoms with E-state index in [0.717, 1.165) is 10.9 Å². The quantitative estimate of drug-likeness (QED) is 0.380. The number of fused-ring (bicyclic) bond motifs is 3. The van der Waals surface area contributed by atoms with Crippen molar-refractivity contribution < 1.29 is 23.4 Å². The summed E-state index contributed by atoms with van der Waals surface area (Å²) in [4.78, 5) is 23.7. The van der Waals surface area contributed by atoms with Gasteiger partial charge in [0.2, 0.25) is 0 Å². The van der Waals surface area contributed by atoms with Crippen LogP contribution in [-0.4, -0.2) is 50.6 Å². The van der Waals surface area contributed by atoms with Crippen LogP contribution in [0.3, 0.4) is 0 Å². The van der Waals surface area contributed by atoms with Crippen molar-refractivity contribution in [1.29, 1.82) is 5.26 Å². The van der Waals surface area contributed by atoms with Crippen molar-refractivity contribution in [2.45, 2.75) is 39.0 Å². The van der Waals surface area contributed by atoms with E-state index >= 15 is 0 Å². The molecular weight excluding hydrogens is 491 g/mol. The first kappa shape index (κ1) is 25.1. The molecule has 3 aromatic heterocycles. The van der Waals surface area contributed by atoms with Gasteiger partial charge in [0, 0.05) is 25.0 Å². The first-order valence-corrected chi connectivity index (χ1v) is 12.0. The van der Waals surface area contributed by atoms with Gasteiger partial charge in [0.05, 0.1) is 35.7 Å². The van der Waals surface area contributed by atoms with Crippen LogP contribution in [0.5, 0.6) is 0 Å². The number of hydrogen-bond donors (Lipinski definition) is 0. The number of nitrogens with zero attached hydrogens (tertiary/aromatic N) is 6. The van der Waals surface area contributed by atoms with Crippen molar-refractivity contribution in [3.05, 3.63) is 54.5 Å². The van der Waals surface area contributed by atoms with Gasteiger partial charge >= 0.3 is 6.09 Å². The van der Waals surface area contributed by atoms with Crippen molar-refractivity contribution in [2.75, 3.05) is 18.6 Å². The van der Waals surface area contributed by atoms with E-state index in [9.17, 15) is 14.4 Å². The van der Waals surface area contributed by atoms with Crippen molar-refractivity contribution >= 4 is 34.0 Å². The smallest absolute Gasteiger partial charge is 0.415 e. The number of aryl methyl sites for hydroxylation is 1. The molecule has 1 atom stereocenters. The summed E-state index contributed by atoms with van der Waals surface area (Å²) in [6, 6.07) is 8.05. The molecule has 0 bridgehead atoms. The van der Waals surface area contributed by atoms with Gasteiger partial charge in [0.1, 0.15) is 29.2 Å². The molecule has 0 N–H and O–H groups in total. The summed E-state index contributed by atoms with van der Waals surface area (Å²) in [5.41, 5.74) is 2.34. The van der Waals surface area contributed by atoms with Crippen LogP contribution in [0.2, 0.25) is 0 Å². The van der Waals surface area contributed by atoms with Crippen molar-refractivity contribution in [1.82, 2.24) is 19.1 Å². The maximum absolute atomic E-state index is 14.5. The molecule has 0 aliphatic carbocycles. The topological polar surface area (TPSA) is 107 Å². The fourth-order valence-corrected chi connectivity index (χ4v) is 4.51. The summed E-state index contributed by atoms with van der Waals surface area (Å²) in [5.74, 6) is -0.00950. The summed E-state index contributed by atoms with van der Waals surface area (Å²) in [5, 5.41) is 10.2. The zero-order valence-corrected chi connectivity index (χ0v) is 21.8. The van der Waals surface area contributed by atoms with Crippen LogP contribution in [0.25, 0.3) is 33.3 Å². The van der Waals surface area contributed by atoms with Crippen molar-refractivity contribution in [3.63, 3.8) is 0 Å². The lowest BCUT2D eigenvalue weighted by atomic mass is 10.1. The second kappa shape index (κ2) is 9.06. The molecule has 4 heterocycles. The highest BCUT2D eigenvalue weighted by atomic mass is 19.1. The van der Waals surface area contributed by atoms with Gasteiger partial charge in [0.25, 0.3) is 5.95 Å². The molecule has 1 fully saturated rings. The number of carbonyl (C=O) groups is 1. The summed E-state index contributed by atoms with van der Waals surface area (Å²) in [6.45, 7) is 9.65. The number of hydrogen-bond acceptors (Lipinski definition) is 7. The Hall–Kier alpha value is -4.59. The molecule has 5 rings (SSSR count). The number of rotatable bonds is 4. The molecule has 1 amide bonds. The summed E-state index contributed by atoms with van der Waals surface area (Å²) in [7, 11) is 3.42. The van der Waals surface area contributed by atoms with Gasteiger partial charge in [-0.05, 0) is 51.6 Å². The van der Waals surface area contributed by atoms with E-state index < -0.39 is 17.5 Å². The Morgan fingerprint density at radius 2 is 2.11 bits per heavy atom. The number of aromatic nitrogens is 4. The highest BCUT2D eigenvalue weighted by molar-refractivity contribution is 6.10. The van der Waals surface area contributed by atoms with E-state index in [1.54, 1.807) is 40.2 Å². The molecule has 1 saturated heterocycles. The highest BCUT2D eigenvalue weighted by Crippen LogP contribution is 2.37. The van der Waals surface area contributed by atoms with E-state index in [-0.39, 0.29) is 24.2 Å². The van der Waals surface area contributed by atoms with Crippen LogP contribution in [-0.2, 0) is 27.8 Å². The molecule has 0 unspecified atom stereocenters. The minimum Gasteiger partial charge on any atom is -0.462 e. The molecule has 196 valence electrons. The number of amides is 1. The van der Waals surface area contributed by atoms with E-state index in [0.29, 0.717) is 34.8 Å². The average molecular weight is 519 g/mol. The molecule has 0 radical (unpaired) electrons. The Morgan fingerprint density at radius 1 is 1.34 bits per heavy atom. The van der Waals surface area contributed by atoms with Gasteiger partial charge in [-0.1, -0.05) is 0 Å². The largest absolute Gasteiger partial charge is 0.462 e. The fraction of sp³-hybridized carbons (Fsp3) is 0.333. The third-order valence-corrected chi connectivity index (χ3v) is 6.11. The highest BCUT2D eigenvalue weighted by Gasteiger charge is 2.29. The Labute approximate surface area is 218 Å². The van der Waals surface area contributed by atoms with Crippen LogP contribution in [0.15, 0.2) is 43.1 Å². The number of nitriles is 1. The number of carbonyl (C=O) groups excluding carboxylic acids is 1. The molecule has 1 aliphatic heterocycles. The van der Waals surface area contributed by atoms with Crippen molar-refractivity contribution in [3.8, 4) is 17.3 Å². The van der Waals surface area contributed by atoms with Gasteiger partial charge in [-0.2, -0.15) is 5.26 Å². The first-order valence-electron chi connectivity index (χ1n) is 12.0. The third-order valence-electron chi connectivity index (χ3n) is 6.11. The first-order chi connectivity index (χ1) is 17.9. The van der Waals surface area contributed by atoms with E-state index in [1.165, 1.54) is 17.0 Å². The number of anilines is 1. The van der Waals surface area contributed by atoms with Crippen LogP contribution in [0.4, 0.5) is 15.0 Å². The van der Waals surface area contributed by atoms with Crippen LogP contribution in [0, 0.1) is 17.1 Å². The SMILES string of the molecule is C=C1OC[C@H](Cn2c(-c3cc(F)cc(C#N)c3)cc3c4c(ncn4C)c(N(C)C(=O)OC(C)(C)C)nc32)O1. The van der Waals surface area contributed by atoms with Crippen molar-refractivity contribution in [2.24, 2.45) is 7.05 Å². The zero-order chi connectivity index (χ0) is 27.4. The lowest BCUT2D eigenvalue weighted by Gasteiger charge is -2.24. The van der Waals surface area contributed by atoms with Gasteiger partial charge in [-0.25, -0.2) is 19.2 Å². The van der Waals surface area contributed by atoms with E-state index in [1.807, 2.05) is 28.3 Å². The molecule has 4 aromatic rings. The maximum atomic E-state index is 14.5. The molecule has 38 heavy (non-hydrogen) atoms. The number of benzene rings is 1.